The van der Waals surface area contributed by atoms with Crippen molar-refractivity contribution in [2.24, 2.45) is 0 Å². The molecular weight excluding hydrogens is 284 g/mol. The molecule has 0 bridgehead atoms. The highest BCUT2D eigenvalue weighted by atomic mass is 16.2. The molecule has 0 radical (unpaired) electrons. The van der Waals surface area contributed by atoms with Gasteiger partial charge in [0, 0.05) is 45.1 Å². The van der Waals surface area contributed by atoms with Crippen molar-refractivity contribution in [2.75, 3.05) is 19.6 Å². The lowest BCUT2D eigenvalue weighted by Gasteiger charge is -2.37. The molecule has 1 aromatic rings. The molecule has 8 nitrogen and oxygen atoms in total. The van der Waals surface area contributed by atoms with Crippen molar-refractivity contribution in [3.05, 3.63) is 6.33 Å². The minimum atomic E-state index is 0.171. The van der Waals surface area contributed by atoms with E-state index in [0.717, 1.165) is 38.8 Å². The van der Waals surface area contributed by atoms with E-state index in [-0.39, 0.29) is 17.9 Å². The second kappa shape index (κ2) is 6.85. The monoisotopic (exact) mass is 306 g/mol. The van der Waals surface area contributed by atoms with E-state index >= 15 is 0 Å². The van der Waals surface area contributed by atoms with E-state index in [1.165, 1.54) is 0 Å². The van der Waals surface area contributed by atoms with E-state index in [1.54, 1.807) is 11.0 Å². The summed E-state index contributed by atoms with van der Waals surface area (Å²) in [4.78, 5) is 28.1. The summed E-state index contributed by atoms with van der Waals surface area (Å²) in [6, 6.07) is 0.215. The van der Waals surface area contributed by atoms with E-state index in [9.17, 15) is 9.59 Å². The van der Waals surface area contributed by atoms with Crippen molar-refractivity contribution in [3.8, 4) is 0 Å². The van der Waals surface area contributed by atoms with Crippen LogP contribution in [0.2, 0.25) is 0 Å². The first-order valence-corrected chi connectivity index (χ1v) is 8.02. The molecule has 1 atom stereocenters. The normalized spacial score (nSPS) is 22.4. The van der Waals surface area contributed by atoms with E-state index in [0.29, 0.717) is 25.9 Å². The number of tetrazole rings is 1. The smallest absolute Gasteiger partial charge is 0.222 e. The average molecular weight is 306 g/mol. The predicted octanol–water partition coefficient (Wildman–Crippen LogP) is 0.0667. The number of aryl methyl sites for hydroxylation is 1. The highest BCUT2D eigenvalue weighted by Gasteiger charge is 2.32. The zero-order valence-corrected chi connectivity index (χ0v) is 12.7. The van der Waals surface area contributed by atoms with Gasteiger partial charge in [0.15, 0.2) is 0 Å². The van der Waals surface area contributed by atoms with Gasteiger partial charge >= 0.3 is 0 Å². The lowest BCUT2D eigenvalue weighted by Crippen LogP contribution is -2.50. The molecule has 2 aliphatic rings. The maximum atomic E-state index is 12.3. The molecule has 0 saturated carbocycles. The summed E-state index contributed by atoms with van der Waals surface area (Å²) < 4.78 is 1.63. The highest BCUT2D eigenvalue weighted by Crippen LogP contribution is 2.22. The van der Waals surface area contributed by atoms with Gasteiger partial charge in [-0.2, -0.15) is 0 Å². The number of nitrogens with zero attached hydrogens (tertiary/aromatic N) is 6. The summed E-state index contributed by atoms with van der Waals surface area (Å²) >= 11 is 0. The van der Waals surface area contributed by atoms with Crippen LogP contribution >= 0.6 is 0 Å². The van der Waals surface area contributed by atoms with E-state index in [4.69, 9.17) is 0 Å². The molecule has 2 amide bonds. The third kappa shape index (κ3) is 3.42. The van der Waals surface area contributed by atoms with Crippen LogP contribution in [0.15, 0.2) is 6.33 Å². The van der Waals surface area contributed by atoms with Crippen molar-refractivity contribution >= 4 is 11.8 Å². The van der Waals surface area contributed by atoms with Crippen LogP contribution in [-0.2, 0) is 16.1 Å². The van der Waals surface area contributed by atoms with Crippen LogP contribution < -0.4 is 0 Å². The molecule has 8 heteroatoms. The number of amides is 2. The molecule has 120 valence electrons. The Balaban J connectivity index is 1.46. The lowest BCUT2D eigenvalue weighted by molar-refractivity contribution is -0.137. The third-order valence-electron chi connectivity index (χ3n) is 4.47. The number of aromatic nitrogens is 4. The molecule has 0 spiro atoms. The van der Waals surface area contributed by atoms with Gasteiger partial charge in [0.25, 0.3) is 0 Å². The van der Waals surface area contributed by atoms with Crippen LogP contribution in [-0.4, -0.2) is 67.5 Å². The number of hydrogen-bond donors (Lipinski definition) is 0. The Morgan fingerprint density at radius 1 is 1.32 bits per heavy atom. The summed E-state index contributed by atoms with van der Waals surface area (Å²) in [5.41, 5.74) is 0. The van der Waals surface area contributed by atoms with Gasteiger partial charge in [0.1, 0.15) is 6.33 Å². The van der Waals surface area contributed by atoms with Crippen LogP contribution in [0, 0.1) is 0 Å². The average Bonchev–Trinajstić information content (AvgIpc) is 3.19. The maximum Gasteiger partial charge on any atom is 0.222 e. The topological polar surface area (TPSA) is 84.2 Å². The summed E-state index contributed by atoms with van der Waals surface area (Å²) in [5, 5.41) is 10.9. The standard InChI is InChI=1S/C14H22N6O2/c21-13(5-2-8-19-11-15-16-17-19)18-7-1-4-12(10-18)20-9-3-6-14(20)22/h11-12H,1-10H2/t12-/m0/s1. The van der Waals surface area contributed by atoms with Crippen LogP contribution in [0.1, 0.15) is 38.5 Å². The number of carbonyl (C=O) groups is 2. The number of carbonyl (C=O) groups excluding carboxylic acids is 2. The Kier molecular flexibility index (Phi) is 4.65. The van der Waals surface area contributed by atoms with Gasteiger partial charge in [0.05, 0.1) is 0 Å². The fourth-order valence-electron chi connectivity index (χ4n) is 3.32. The van der Waals surface area contributed by atoms with Crippen LogP contribution in [0.5, 0.6) is 0 Å². The first kappa shape index (κ1) is 14.9. The van der Waals surface area contributed by atoms with Gasteiger partial charge in [-0.15, -0.1) is 5.10 Å². The van der Waals surface area contributed by atoms with Gasteiger partial charge in [-0.1, -0.05) is 0 Å². The van der Waals surface area contributed by atoms with Crippen molar-refractivity contribution in [3.63, 3.8) is 0 Å². The Morgan fingerprint density at radius 3 is 2.95 bits per heavy atom. The summed E-state index contributed by atoms with van der Waals surface area (Å²) in [6.45, 7) is 3.00. The Bertz CT molecular complexity index is 517. The Morgan fingerprint density at radius 2 is 2.23 bits per heavy atom. The summed E-state index contributed by atoms with van der Waals surface area (Å²) in [7, 11) is 0. The molecule has 1 aromatic heterocycles. The first-order valence-electron chi connectivity index (χ1n) is 8.02. The van der Waals surface area contributed by atoms with Crippen molar-refractivity contribution in [1.82, 2.24) is 30.0 Å². The quantitative estimate of drug-likeness (QED) is 0.768. The van der Waals surface area contributed by atoms with Crippen LogP contribution in [0.3, 0.4) is 0 Å². The second-order valence-electron chi connectivity index (χ2n) is 6.00. The number of piperidine rings is 1. The minimum Gasteiger partial charge on any atom is -0.341 e. The molecule has 2 saturated heterocycles. The fraction of sp³-hybridized carbons (Fsp3) is 0.786. The predicted molar refractivity (Wildman–Crippen MR) is 77.6 cm³/mol. The number of likely N-dealkylation sites (tertiary alicyclic amines) is 2. The fourth-order valence-corrected chi connectivity index (χ4v) is 3.32. The summed E-state index contributed by atoms with van der Waals surface area (Å²) in [5.74, 6) is 0.419. The minimum absolute atomic E-state index is 0.171. The van der Waals surface area contributed by atoms with Crippen molar-refractivity contribution < 1.29 is 9.59 Å². The molecule has 0 aromatic carbocycles. The van der Waals surface area contributed by atoms with Gasteiger partial charge in [-0.05, 0) is 36.1 Å². The largest absolute Gasteiger partial charge is 0.341 e. The molecular formula is C14H22N6O2. The van der Waals surface area contributed by atoms with Crippen molar-refractivity contribution in [1.29, 1.82) is 0 Å². The Hall–Kier alpha value is -1.99. The summed E-state index contributed by atoms with van der Waals surface area (Å²) in [6.07, 6.45) is 6.40. The molecule has 2 fully saturated rings. The van der Waals surface area contributed by atoms with Gasteiger partial charge < -0.3 is 9.80 Å². The van der Waals surface area contributed by atoms with Crippen LogP contribution in [0.4, 0.5) is 0 Å². The second-order valence-corrected chi connectivity index (χ2v) is 6.00. The molecule has 3 heterocycles. The van der Waals surface area contributed by atoms with E-state index in [2.05, 4.69) is 15.5 Å². The van der Waals surface area contributed by atoms with E-state index < -0.39 is 0 Å². The molecule has 0 N–H and O–H groups in total. The van der Waals surface area contributed by atoms with E-state index in [1.807, 2.05) is 9.80 Å². The Labute approximate surface area is 129 Å². The highest BCUT2D eigenvalue weighted by molar-refractivity contribution is 5.79. The zero-order valence-electron chi connectivity index (χ0n) is 12.7. The van der Waals surface area contributed by atoms with Crippen molar-refractivity contribution in [2.45, 2.75) is 51.1 Å². The van der Waals surface area contributed by atoms with Gasteiger partial charge in [-0.3, -0.25) is 9.59 Å². The van der Waals surface area contributed by atoms with Crippen LogP contribution in [0.25, 0.3) is 0 Å². The molecule has 2 aliphatic heterocycles. The number of rotatable bonds is 5. The third-order valence-corrected chi connectivity index (χ3v) is 4.47. The van der Waals surface area contributed by atoms with Gasteiger partial charge in [0.2, 0.25) is 11.8 Å². The number of hydrogen-bond acceptors (Lipinski definition) is 5. The van der Waals surface area contributed by atoms with Gasteiger partial charge in [-0.25, -0.2) is 4.68 Å². The molecule has 0 unspecified atom stereocenters. The molecule has 0 aliphatic carbocycles. The molecule has 22 heavy (non-hydrogen) atoms. The first-order chi connectivity index (χ1) is 10.7. The molecule has 3 rings (SSSR count). The lowest BCUT2D eigenvalue weighted by atomic mass is 10.0. The SMILES string of the molecule is O=C(CCCn1cnnn1)N1CCC[C@H](N2CCCC2=O)C1. The maximum absolute atomic E-state index is 12.3. The zero-order chi connectivity index (χ0) is 15.4.